The summed E-state index contributed by atoms with van der Waals surface area (Å²) in [6.45, 7) is 3.96. The van der Waals surface area contributed by atoms with Gasteiger partial charge in [0.2, 0.25) is 0 Å². The summed E-state index contributed by atoms with van der Waals surface area (Å²) in [6.07, 6.45) is 0.933. The van der Waals surface area contributed by atoms with E-state index in [1.165, 1.54) is 11.1 Å². The molecule has 0 spiro atoms. The van der Waals surface area contributed by atoms with E-state index < -0.39 is 0 Å². The quantitative estimate of drug-likeness (QED) is 0.886. The van der Waals surface area contributed by atoms with Gasteiger partial charge in [0.05, 0.1) is 12.6 Å². The van der Waals surface area contributed by atoms with E-state index in [0.29, 0.717) is 13.2 Å². The van der Waals surface area contributed by atoms with E-state index in [1.54, 1.807) is 7.11 Å². The molecular weight excluding hydrogens is 228 g/mol. The second kappa shape index (κ2) is 5.87. The molecule has 4 heteroatoms. The molecule has 1 heterocycles. The van der Waals surface area contributed by atoms with Crippen molar-refractivity contribution >= 4 is 6.03 Å². The minimum Gasteiger partial charge on any atom is -0.383 e. The summed E-state index contributed by atoms with van der Waals surface area (Å²) in [5, 5.41) is 2.94. The second-order valence-electron chi connectivity index (χ2n) is 4.75. The SMILES string of the molecule is COCC(C)NC(=O)N1CCc2ccccc2C1. The van der Waals surface area contributed by atoms with Gasteiger partial charge in [-0.3, -0.25) is 0 Å². The molecule has 1 N–H and O–H groups in total. The molecule has 98 valence electrons. The van der Waals surface area contributed by atoms with Crippen LogP contribution in [0.5, 0.6) is 0 Å². The van der Waals surface area contributed by atoms with Crippen LogP contribution in [-0.2, 0) is 17.7 Å². The number of hydrogen-bond donors (Lipinski definition) is 1. The molecule has 0 radical (unpaired) electrons. The summed E-state index contributed by atoms with van der Waals surface area (Å²) in [6, 6.07) is 8.34. The molecule has 0 saturated heterocycles. The Bertz CT molecular complexity index is 420. The van der Waals surface area contributed by atoms with Crippen molar-refractivity contribution in [3.8, 4) is 0 Å². The zero-order valence-electron chi connectivity index (χ0n) is 11.0. The smallest absolute Gasteiger partial charge is 0.317 e. The molecule has 0 bridgehead atoms. The lowest BCUT2D eigenvalue weighted by Crippen LogP contribution is -2.47. The van der Waals surface area contributed by atoms with Crippen molar-refractivity contribution in [1.29, 1.82) is 0 Å². The van der Waals surface area contributed by atoms with Gasteiger partial charge in [0.15, 0.2) is 0 Å². The lowest BCUT2D eigenvalue weighted by Gasteiger charge is -2.30. The van der Waals surface area contributed by atoms with Gasteiger partial charge in [-0.25, -0.2) is 4.79 Å². The van der Waals surface area contributed by atoms with E-state index in [4.69, 9.17) is 4.74 Å². The summed E-state index contributed by atoms with van der Waals surface area (Å²) >= 11 is 0. The third-order valence-electron chi connectivity index (χ3n) is 3.20. The van der Waals surface area contributed by atoms with Gasteiger partial charge in [-0.1, -0.05) is 24.3 Å². The summed E-state index contributed by atoms with van der Waals surface area (Å²) < 4.78 is 5.01. The molecule has 4 nitrogen and oxygen atoms in total. The van der Waals surface area contributed by atoms with Crippen LogP contribution in [0.4, 0.5) is 4.79 Å². The van der Waals surface area contributed by atoms with Crippen LogP contribution < -0.4 is 5.32 Å². The monoisotopic (exact) mass is 248 g/mol. The van der Waals surface area contributed by atoms with E-state index in [9.17, 15) is 4.79 Å². The van der Waals surface area contributed by atoms with Crippen molar-refractivity contribution in [3.05, 3.63) is 35.4 Å². The molecule has 2 rings (SSSR count). The van der Waals surface area contributed by atoms with Crippen molar-refractivity contribution in [2.24, 2.45) is 0 Å². The summed E-state index contributed by atoms with van der Waals surface area (Å²) in [7, 11) is 1.64. The van der Waals surface area contributed by atoms with Crippen LogP contribution in [0.25, 0.3) is 0 Å². The van der Waals surface area contributed by atoms with E-state index in [1.807, 2.05) is 17.9 Å². The Morgan fingerprint density at radius 3 is 2.89 bits per heavy atom. The summed E-state index contributed by atoms with van der Waals surface area (Å²) in [4.78, 5) is 13.9. The van der Waals surface area contributed by atoms with Crippen LogP contribution in [0.1, 0.15) is 18.1 Å². The van der Waals surface area contributed by atoms with Crippen LogP contribution in [-0.4, -0.2) is 37.2 Å². The molecule has 1 aromatic carbocycles. The largest absolute Gasteiger partial charge is 0.383 e. The number of methoxy groups -OCH3 is 1. The summed E-state index contributed by atoms with van der Waals surface area (Å²) in [5.41, 5.74) is 2.60. The van der Waals surface area contributed by atoms with E-state index in [2.05, 4.69) is 23.5 Å². The lowest BCUT2D eigenvalue weighted by atomic mass is 10.0. The Morgan fingerprint density at radius 2 is 2.17 bits per heavy atom. The maximum atomic E-state index is 12.1. The van der Waals surface area contributed by atoms with Gasteiger partial charge < -0.3 is 15.0 Å². The highest BCUT2D eigenvalue weighted by Crippen LogP contribution is 2.18. The van der Waals surface area contributed by atoms with Gasteiger partial charge in [-0.05, 0) is 24.5 Å². The fourth-order valence-electron chi connectivity index (χ4n) is 2.26. The molecule has 1 aromatic rings. The van der Waals surface area contributed by atoms with Crippen molar-refractivity contribution in [2.45, 2.75) is 25.9 Å². The molecular formula is C14H20N2O2. The highest BCUT2D eigenvalue weighted by molar-refractivity contribution is 5.74. The number of carbonyl (C=O) groups is 1. The lowest BCUT2D eigenvalue weighted by molar-refractivity contribution is 0.157. The first-order chi connectivity index (χ1) is 8.70. The van der Waals surface area contributed by atoms with Crippen LogP contribution in [0, 0.1) is 0 Å². The highest BCUT2D eigenvalue weighted by atomic mass is 16.5. The molecule has 0 saturated carbocycles. The fourth-order valence-corrected chi connectivity index (χ4v) is 2.26. The first kappa shape index (κ1) is 12.9. The van der Waals surface area contributed by atoms with Gasteiger partial charge in [-0.2, -0.15) is 0 Å². The van der Waals surface area contributed by atoms with Crippen LogP contribution >= 0.6 is 0 Å². The second-order valence-corrected chi connectivity index (χ2v) is 4.75. The first-order valence-corrected chi connectivity index (χ1v) is 6.32. The first-order valence-electron chi connectivity index (χ1n) is 6.32. The van der Waals surface area contributed by atoms with Gasteiger partial charge in [0, 0.05) is 20.2 Å². The van der Waals surface area contributed by atoms with Crippen LogP contribution in [0.15, 0.2) is 24.3 Å². The number of ether oxygens (including phenoxy) is 1. The standard InChI is InChI=1S/C14H20N2O2/c1-11(10-18-2)15-14(17)16-8-7-12-5-3-4-6-13(12)9-16/h3-6,11H,7-10H2,1-2H3,(H,15,17). The molecule has 2 amide bonds. The number of amides is 2. The average Bonchev–Trinajstić information content (AvgIpc) is 2.38. The maximum absolute atomic E-state index is 12.1. The Labute approximate surface area is 108 Å². The minimum absolute atomic E-state index is 0.00551. The Morgan fingerprint density at radius 1 is 1.44 bits per heavy atom. The van der Waals surface area contributed by atoms with Crippen molar-refractivity contribution in [3.63, 3.8) is 0 Å². The number of benzene rings is 1. The molecule has 18 heavy (non-hydrogen) atoms. The molecule has 1 atom stereocenters. The van der Waals surface area contributed by atoms with Crippen molar-refractivity contribution < 1.29 is 9.53 Å². The third kappa shape index (κ3) is 3.01. The number of fused-ring (bicyclic) bond motifs is 1. The van der Waals surface area contributed by atoms with E-state index in [-0.39, 0.29) is 12.1 Å². The van der Waals surface area contributed by atoms with E-state index >= 15 is 0 Å². The fraction of sp³-hybridized carbons (Fsp3) is 0.500. The van der Waals surface area contributed by atoms with Gasteiger partial charge in [0.25, 0.3) is 0 Å². The van der Waals surface area contributed by atoms with Crippen LogP contribution in [0.3, 0.4) is 0 Å². The topological polar surface area (TPSA) is 41.6 Å². The Balaban J connectivity index is 1.94. The van der Waals surface area contributed by atoms with Gasteiger partial charge in [0.1, 0.15) is 0 Å². The maximum Gasteiger partial charge on any atom is 0.317 e. The van der Waals surface area contributed by atoms with Gasteiger partial charge in [-0.15, -0.1) is 0 Å². The Hall–Kier alpha value is -1.55. The van der Waals surface area contributed by atoms with Crippen molar-refractivity contribution in [1.82, 2.24) is 10.2 Å². The molecule has 0 aliphatic carbocycles. The number of carbonyl (C=O) groups excluding carboxylic acids is 1. The number of rotatable bonds is 3. The molecule has 1 aliphatic rings. The minimum atomic E-state index is -0.00551. The number of urea groups is 1. The van der Waals surface area contributed by atoms with E-state index in [0.717, 1.165) is 13.0 Å². The predicted octanol–water partition coefficient (Wildman–Crippen LogP) is 1.79. The highest BCUT2D eigenvalue weighted by Gasteiger charge is 2.21. The molecule has 1 aliphatic heterocycles. The number of nitrogens with zero attached hydrogens (tertiary/aromatic N) is 1. The molecule has 0 aromatic heterocycles. The normalized spacial score (nSPS) is 16.0. The zero-order valence-corrected chi connectivity index (χ0v) is 11.0. The number of hydrogen-bond acceptors (Lipinski definition) is 2. The summed E-state index contributed by atoms with van der Waals surface area (Å²) in [5.74, 6) is 0. The zero-order chi connectivity index (χ0) is 13.0. The molecule has 1 unspecified atom stereocenters. The average molecular weight is 248 g/mol. The van der Waals surface area contributed by atoms with Crippen LogP contribution in [0.2, 0.25) is 0 Å². The third-order valence-corrected chi connectivity index (χ3v) is 3.20. The number of nitrogens with one attached hydrogen (secondary N) is 1. The molecule has 0 fully saturated rings. The predicted molar refractivity (Wildman–Crippen MR) is 70.4 cm³/mol. The van der Waals surface area contributed by atoms with Gasteiger partial charge >= 0.3 is 6.03 Å². The van der Waals surface area contributed by atoms with Crippen molar-refractivity contribution in [2.75, 3.05) is 20.3 Å². The Kier molecular flexibility index (Phi) is 4.20.